The molecule has 2 aromatic carbocycles. The SMILES string of the molecule is O=C(c1occc1COc1ccccc1)N1CCN(Cc2csc(-c3ccccc3)n2)CC1. The van der Waals surface area contributed by atoms with Crippen molar-refractivity contribution in [2.24, 2.45) is 0 Å². The van der Waals surface area contributed by atoms with E-state index in [2.05, 4.69) is 22.4 Å². The Balaban J connectivity index is 1.15. The van der Waals surface area contributed by atoms with Crippen molar-refractivity contribution in [1.29, 1.82) is 0 Å². The van der Waals surface area contributed by atoms with Gasteiger partial charge in [0, 0.05) is 49.2 Å². The van der Waals surface area contributed by atoms with E-state index in [9.17, 15) is 4.79 Å². The van der Waals surface area contributed by atoms with Gasteiger partial charge >= 0.3 is 0 Å². The molecule has 33 heavy (non-hydrogen) atoms. The fourth-order valence-electron chi connectivity index (χ4n) is 3.89. The third kappa shape index (κ3) is 5.16. The summed E-state index contributed by atoms with van der Waals surface area (Å²) in [6, 6.07) is 21.6. The normalized spacial score (nSPS) is 14.4. The molecule has 0 spiro atoms. The van der Waals surface area contributed by atoms with Crippen LogP contribution in [0.5, 0.6) is 5.75 Å². The van der Waals surface area contributed by atoms with Crippen molar-refractivity contribution < 1.29 is 13.9 Å². The molecule has 0 atom stereocenters. The first-order valence-corrected chi connectivity index (χ1v) is 11.9. The van der Waals surface area contributed by atoms with Crippen LogP contribution >= 0.6 is 11.3 Å². The van der Waals surface area contributed by atoms with Gasteiger partial charge in [-0.25, -0.2) is 4.98 Å². The molecule has 0 saturated carbocycles. The molecule has 6 nitrogen and oxygen atoms in total. The number of hydrogen-bond acceptors (Lipinski definition) is 6. The Bertz CT molecular complexity index is 1180. The number of para-hydroxylation sites is 1. The number of furan rings is 1. The molecule has 1 saturated heterocycles. The highest BCUT2D eigenvalue weighted by molar-refractivity contribution is 7.13. The number of aromatic nitrogens is 1. The minimum absolute atomic E-state index is 0.0775. The second-order valence-corrected chi connectivity index (χ2v) is 8.81. The molecule has 168 valence electrons. The maximum absolute atomic E-state index is 13.1. The van der Waals surface area contributed by atoms with Crippen LogP contribution in [0.3, 0.4) is 0 Å². The molecular weight excluding hydrogens is 434 g/mol. The molecule has 1 fully saturated rings. The van der Waals surface area contributed by atoms with Gasteiger partial charge in [0.25, 0.3) is 5.91 Å². The van der Waals surface area contributed by atoms with E-state index in [-0.39, 0.29) is 5.91 Å². The summed E-state index contributed by atoms with van der Waals surface area (Å²) in [5.41, 5.74) is 2.99. The minimum Gasteiger partial charge on any atom is -0.489 e. The number of nitrogens with zero attached hydrogens (tertiary/aromatic N) is 3. The molecule has 5 rings (SSSR count). The molecule has 0 radical (unpaired) electrons. The Hall–Kier alpha value is -3.42. The van der Waals surface area contributed by atoms with Crippen molar-refractivity contribution in [2.75, 3.05) is 26.2 Å². The smallest absolute Gasteiger partial charge is 0.290 e. The summed E-state index contributed by atoms with van der Waals surface area (Å²) in [6.07, 6.45) is 1.56. The van der Waals surface area contributed by atoms with Crippen LogP contribution in [-0.2, 0) is 13.2 Å². The van der Waals surface area contributed by atoms with Gasteiger partial charge in [-0.1, -0.05) is 48.5 Å². The van der Waals surface area contributed by atoms with E-state index < -0.39 is 0 Å². The molecule has 0 bridgehead atoms. The van der Waals surface area contributed by atoms with Crippen LogP contribution in [0.1, 0.15) is 21.8 Å². The first-order chi connectivity index (χ1) is 16.3. The number of rotatable bonds is 7. The second kappa shape index (κ2) is 10.0. The van der Waals surface area contributed by atoms with E-state index in [1.54, 1.807) is 23.7 Å². The fraction of sp³-hybridized carbons (Fsp3) is 0.231. The third-order valence-electron chi connectivity index (χ3n) is 5.70. The summed E-state index contributed by atoms with van der Waals surface area (Å²) >= 11 is 1.67. The summed E-state index contributed by atoms with van der Waals surface area (Å²) in [7, 11) is 0. The van der Waals surface area contributed by atoms with Gasteiger partial charge < -0.3 is 14.1 Å². The quantitative estimate of drug-likeness (QED) is 0.392. The molecule has 1 aliphatic rings. The summed E-state index contributed by atoms with van der Waals surface area (Å²) in [6.45, 7) is 4.03. The standard InChI is InChI=1S/C26H25N3O3S/c30-26(24-21(11-16-31-24)18-32-23-9-5-2-6-10-23)29-14-12-28(13-15-29)17-22-19-33-25(27-22)20-7-3-1-4-8-20/h1-11,16,19H,12-15,17-18H2. The number of piperazine rings is 1. The van der Waals surface area contributed by atoms with E-state index >= 15 is 0 Å². The van der Waals surface area contributed by atoms with E-state index in [1.807, 2.05) is 53.4 Å². The first-order valence-electron chi connectivity index (χ1n) is 11.0. The van der Waals surface area contributed by atoms with Gasteiger partial charge in [-0.15, -0.1) is 11.3 Å². The minimum atomic E-state index is -0.0775. The summed E-state index contributed by atoms with van der Waals surface area (Å²) in [5.74, 6) is 1.06. The lowest BCUT2D eigenvalue weighted by molar-refractivity contribution is 0.0593. The number of thiazole rings is 1. The molecule has 3 heterocycles. The Kier molecular flexibility index (Phi) is 6.51. The topological polar surface area (TPSA) is 58.8 Å². The van der Waals surface area contributed by atoms with Crippen molar-refractivity contribution >= 4 is 17.2 Å². The van der Waals surface area contributed by atoms with Crippen molar-refractivity contribution in [3.63, 3.8) is 0 Å². The van der Waals surface area contributed by atoms with Gasteiger partial charge in [0.15, 0.2) is 5.76 Å². The lowest BCUT2D eigenvalue weighted by Crippen LogP contribution is -2.48. The van der Waals surface area contributed by atoms with Crippen LogP contribution in [0.4, 0.5) is 0 Å². The Morgan fingerprint density at radius 3 is 2.45 bits per heavy atom. The lowest BCUT2D eigenvalue weighted by Gasteiger charge is -2.34. The molecule has 7 heteroatoms. The summed E-state index contributed by atoms with van der Waals surface area (Å²) < 4.78 is 11.3. The number of carbonyl (C=O) groups is 1. The van der Waals surface area contributed by atoms with Crippen LogP contribution in [0.25, 0.3) is 10.6 Å². The number of ether oxygens (including phenoxy) is 1. The van der Waals surface area contributed by atoms with Crippen LogP contribution < -0.4 is 4.74 Å². The van der Waals surface area contributed by atoms with Gasteiger partial charge in [0.05, 0.1) is 12.0 Å². The number of carbonyl (C=O) groups excluding carboxylic acids is 1. The van der Waals surface area contributed by atoms with E-state index in [0.29, 0.717) is 25.5 Å². The predicted molar refractivity (Wildman–Crippen MR) is 128 cm³/mol. The molecule has 0 N–H and O–H groups in total. The second-order valence-electron chi connectivity index (χ2n) is 7.96. The van der Waals surface area contributed by atoms with E-state index in [4.69, 9.17) is 14.1 Å². The van der Waals surface area contributed by atoms with Crippen molar-refractivity contribution in [1.82, 2.24) is 14.8 Å². The monoisotopic (exact) mass is 459 g/mol. The summed E-state index contributed by atoms with van der Waals surface area (Å²) in [5, 5.41) is 3.17. The van der Waals surface area contributed by atoms with Gasteiger partial charge in [0.1, 0.15) is 17.4 Å². The largest absolute Gasteiger partial charge is 0.489 e. The van der Waals surface area contributed by atoms with Crippen LogP contribution in [0.2, 0.25) is 0 Å². The van der Waals surface area contributed by atoms with Crippen molar-refractivity contribution in [3.8, 4) is 16.3 Å². The average molecular weight is 460 g/mol. The Morgan fingerprint density at radius 2 is 1.70 bits per heavy atom. The highest BCUT2D eigenvalue weighted by atomic mass is 32.1. The van der Waals surface area contributed by atoms with Crippen LogP contribution in [0.15, 0.2) is 82.8 Å². The zero-order chi connectivity index (χ0) is 22.5. The van der Waals surface area contributed by atoms with Gasteiger partial charge in [-0.2, -0.15) is 0 Å². The van der Waals surface area contributed by atoms with E-state index in [0.717, 1.165) is 47.2 Å². The maximum atomic E-state index is 13.1. The molecule has 0 unspecified atom stereocenters. The Morgan fingerprint density at radius 1 is 0.970 bits per heavy atom. The van der Waals surface area contributed by atoms with Crippen LogP contribution in [-0.4, -0.2) is 46.9 Å². The highest BCUT2D eigenvalue weighted by Crippen LogP contribution is 2.24. The molecule has 1 aliphatic heterocycles. The number of benzene rings is 2. The van der Waals surface area contributed by atoms with Gasteiger partial charge in [-0.05, 0) is 18.2 Å². The molecular formula is C26H25N3O3S. The highest BCUT2D eigenvalue weighted by Gasteiger charge is 2.26. The molecule has 1 amide bonds. The third-order valence-corrected chi connectivity index (χ3v) is 6.64. The fourth-order valence-corrected chi connectivity index (χ4v) is 4.71. The number of amides is 1. The molecule has 4 aromatic rings. The lowest BCUT2D eigenvalue weighted by atomic mass is 10.2. The predicted octanol–water partition coefficient (Wildman–Crippen LogP) is 4.94. The van der Waals surface area contributed by atoms with Crippen molar-refractivity contribution in [2.45, 2.75) is 13.2 Å². The van der Waals surface area contributed by atoms with E-state index in [1.165, 1.54) is 0 Å². The van der Waals surface area contributed by atoms with Crippen LogP contribution in [0, 0.1) is 0 Å². The first kappa shape index (κ1) is 21.4. The summed E-state index contributed by atoms with van der Waals surface area (Å²) in [4.78, 5) is 22.1. The average Bonchev–Trinajstić information content (AvgIpc) is 3.54. The number of hydrogen-bond donors (Lipinski definition) is 0. The Labute approximate surface area is 197 Å². The maximum Gasteiger partial charge on any atom is 0.290 e. The van der Waals surface area contributed by atoms with Gasteiger partial charge in [-0.3, -0.25) is 9.69 Å². The van der Waals surface area contributed by atoms with Crippen molar-refractivity contribution in [3.05, 3.63) is 95.4 Å². The van der Waals surface area contributed by atoms with Gasteiger partial charge in [0.2, 0.25) is 0 Å². The molecule has 0 aliphatic carbocycles. The zero-order valence-corrected chi connectivity index (χ0v) is 19.0. The zero-order valence-electron chi connectivity index (χ0n) is 18.2. The molecule has 2 aromatic heterocycles.